The number of likely N-dealkylation sites (N-methyl/N-ethyl adjacent to an activating group) is 1. The van der Waals surface area contributed by atoms with Gasteiger partial charge in [0.2, 0.25) is 0 Å². The van der Waals surface area contributed by atoms with Crippen molar-refractivity contribution in [3.05, 3.63) is 59.0 Å². The number of nitrogens with zero attached hydrogens (tertiary/aromatic N) is 1. The Kier molecular flexibility index (Phi) is 6.44. The Morgan fingerprint density at radius 2 is 2.00 bits per heavy atom. The molecule has 0 aliphatic rings. The Balaban J connectivity index is 0.00000243. The maximum Gasteiger partial charge on any atom is 0.271 e. The lowest BCUT2D eigenvalue weighted by Gasteiger charge is -2.10. The van der Waals surface area contributed by atoms with E-state index < -0.39 is 15.8 Å². The fourth-order valence-corrected chi connectivity index (χ4v) is 4.23. The molecule has 26 heavy (non-hydrogen) atoms. The van der Waals surface area contributed by atoms with Crippen LogP contribution in [0.3, 0.4) is 0 Å². The summed E-state index contributed by atoms with van der Waals surface area (Å²) < 4.78 is 47.1. The summed E-state index contributed by atoms with van der Waals surface area (Å²) in [5.74, 6) is -0.226. The minimum absolute atomic E-state index is 0. The SMILES string of the molecule is C.CNCCOc1cccc2c1ccn2S(=O)(=O)c1ccc(Br)cc1F. The van der Waals surface area contributed by atoms with Crippen LogP contribution >= 0.6 is 15.9 Å². The van der Waals surface area contributed by atoms with E-state index in [1.807, 2.05) is 7.05 Å². The number of ether oxygens (including phenoxy) is 1. The van der Waals surface area contributed by atoms with E-state index >= 15 is 0 Å². The van der Waals surface area contributed by atoms with E-state index in [1.165, 1.54) is 18.3 Å². The van der Waals surface area contributed by atoms with Crippen LogP contribution in [0.15, 0.2) is 58.0 Å². The van der Waals surface area contributed by atoms with Gasteiger partial charge >= 0.3 is 0 Å². The molecule has 140 valence electrons. The first-order valence-corrected chi connectivity index (χ1v) is 9.76. The van der Waals surface area contributed by atoms with Crippen LogP contribution in [0, 0.1) is 5.82 Å². The molecule has 0 saturated carbocycles. The first-order chi connectivity index (χ1) is 11.9. The maximum absolute atomic E-state index is 14.2. The van der Waals surface area contributed by atoms with Crippen molar-refractivity contribution >= 4 is 36.9 Å². The zero-order chi connectivity index (χ0) is 18.0. The van der Waals surface area contributed by atoms with Crippen molar-refractivity contribution in [2.24, 2.45) is 0 Å². The number of aromatic nitrogens is 1. The van der Waals surface area contributed by atoms with Crippen molar-refractivity contribution in [3.8, 4) is 5.75 Å². The molecule has 1 heterocycles. The molecule has 8 heteroatoms. The van der Waals surface area contributed by atoms with E-state index in [1.54, 1.807) is 24.3 Å². The Hall–Kier alpha value is -1.90. The van der Waals surface area contributed by atoms with E-state index in [-0.39, 0.29) is 12.3 Å². The topological polar surface area (TPSA) is 60.3 Å². The molecule has 3 aromatic rings. The smallest absolute Gasteiger partial charge is 0.271 e. The van der Waals surface area contributed by atoms with Gasteiger partial charge in [0.05, 0.1) is 5.52 Å². The van der Waals surface area contributed by atoms with E-state index in [0.717, 1.165) is 10.0 Å². The lowest BCUT2D eigenvalue weighted by Crippen LogP contribution is -2.16. The Bertz CT molecular complexity index is 1020. The van der Waals surface area contributed by atoms with Gasteiger partial charge in [0, 0.05) is 22.6 Å². The summed E-state index contributed by atoms with van der Waals surface area (Å²) >= 11 is 3.13. The number of hydrogen-bond acceptors (Lipinski definition) is 4. The molecule has 0 spiro atoms. The highest BCUT2D eigenvalue weighted by Gasteiger charge is 2.23. The molecule has 0 atom stereocenters. The summed E-state index contributed by atoms with van der Waals surface area (Å²) in [5.41, 5.74) is 0.435. The highest BCUT2D eigenvalue weighted by molar-refractivity contribution is 9.10. The van der Waals surface area contributed by atoms with Crippen LogP contribution in [0.2, 0.25) is 0 Å². The summed E-state index contributed by atoms with van der Waals surface area (Å²) in [4.78, 5) is -0.380. The molecular weight excluding hydrogens is 423 g/mol. The fraction of sp³-hybridized carbons (Fsp3) is 0.222. The number of nitrogens with one attached hydrogen (secondary N) is 1. The van der Waals surface area contributed by atoms with Gasteiger partial charge in [-0.15, -0.1) is 0 Å². The van der Waals surface area contributed by atoms with Crippen LogP contribution in [0.5, 0.6) is 5.75 Å². The summed E-state index contributed by atoms with van der Waals surface area (Å²) in [5, 5.41) is 3.63. The molecule has 0 bridgehead atoms. The van der Waals surface area contributed by atoms with Crippen molar-refractivity contribution in [2.75, 3.05) is 20.2 Å². The molecule has 0 unspecified atom stereocenters. The maximum atomic E-state index is 14.2. The third kappa shape index (κ3) is 3.77. The van der Waals surface area contributed by atoms with Gasteiger partial charge in [0.25, 0.3) is 10.0 Å². The molecule has 0 fully saturated rings. The molecule has 1 aromatic heterocycles. The van der Waals surface area contributed by atoms with Crippen molar-refractivity contribution in [2.45, 2.75) is 12.3 Å². The predicted octanol–water partition coefficient (Wildman–Crippen LogP) is 4.01. The van der Waals surface area contributed by atoms with Gasteiger partial charge in [-0.05, 0) is 43.4 Å². The minimum atomic E-state index is -4.06. The second-order valence-electron chi connectivity index (χ2n) is 5.33. The van der Waals surface area contributed by atoms with Crippen LogP contribution < -0.4 is 10.1 Å². The predicted molar refractivity (Wildman–Crippen MR) is 105 cm³/mol. The standard InChI is InChI=1S/C17H16BrFN2O3S.CH4/c1-20-8-10-24-16-4-2-3-15-13(16)7-9-21(15)25(22,23)17-6-5-12(18)11-14(17)19;/h2-7,9,11,20H,8,10H2,1H3;1H4. The van der Waals surface area contributed by atoms with Gasteiger partial charge in [0.15, 0.2) is 0 Å². The molecule has 0 aliphatic carbocycles. The fourth-order valence-electron chi connectivity index (χ4n) is 2.50. The molecule has 2 aromatic carbocycles. The van der Waals surface area contributed by atoms with Gasteiger partial charge in [-0.2, -0.15) is 0 Å². The molecule has 1 N–H and O–H groups in total. The second kappa shape index (κ2) is 8.20. The summed E-state index contributed by atoms with van der Waals surface area (Å²) in [6.45, 7) is 1.12. The van der Waals surface area contributed by atoms with Crippen LogP contribution in [0.25, 0.3) is 10.9 Å². The Morgan fingerprint density at radius 1 is 1.23 bits per heavy atom. The largest absolute Gasteiger partial charge is 0.492 e. The first kappa shape index (κ1) is 20.4. The van der Waals surface area contributed by atoms with Gasteiger partial charge in [0.1, 0.15) is 23.1 Å². The van der Waals surface area contributed by atoms with Gasteiger partial charge in [-0.1, -0.05) is 29.4 Å². The van der Waals surface area contributed by atoms with Gasteiger partial charge in [-0.25, -0.2) is 16.8 Å². The lowest BCUT2D eigenvalue weighted by molar-refractivity contribution is 0.322. The lowest BCUT2D eigenvalue weighted by atomic mass is 10.2. The van der Waals surface area contributed by atoms with E-state index in [9.17, 15) is 12.8 Å². The van der Waals surface area contributed by atoms with E-state index in [0.29, 0.717) is 34.3 Å². The summed E-state index contributed by atoms with van der Waals surface area (Å²) in [6.07, 6.45) is 1.41. The summed E-state index contributed by atoms with van der Waals surface area (Å²) in [7, 11) is -2.24. The normalized spacial score (nSPS) is 11.3. The Morgan fingerprint density at radius 3 is 2.69 bits per heavy atom. The summed E-state index contributed by atoms with van der Waals surface area (Å²) in [6, 6.07) is 10.7. The second-order valence-corrected chi connectivity index (χ2v) is 8.03. The van der Waals surface area contributed by atoms with Crippen molar-refractivity contribution < 1.29 is 17.5 Å². The van der Waals surface area contributed by atoms with E-state index in [2.05, 4.69) is 21.2 Å². The van der Waals surface area contributed by atoms with Crippen LogP contribution in [-0.2, 0) is 10.0 Å². The average Bonchev–Trinajstić information content (AvgIpc) is 3.00. The van der Waals surface area contributed by atoms with Gasteiger partial charge in [-0.3, -0.25) is 0 Å². The molecule has 0 saturated heterocycles. The van der Waals surface area contributed by atoms with Crippen LogP contribution in [-0.4, -0.2) is 32.6 Å². The quantitative estimate of drug-likeness (QED) is 0.585. The zero-order valence-electron chi connectivity index (χ0n) is 13.4. The van der Waals surface area contributed by atoms with Gasteiger partial charge < -0.3 is 10.1 Å². The first-order valence-electron chi connectivity index (χ1n) is 7.53. The van der Waals surface area contributed by atoms with Crippen LogP contribution in [0.1, 0.15) is 7.43 Å². The number of halogens is 2. The highest BCUT2D eigenvalue weighted by Crippen LogP contribution is 2.30. The van der Waals surface area contributed by atoms with Crippen molar-refractivity contribution in [1.82, 2.24) is 9.29 Å². The molecule has 3 rings (SSSR count). The monoisotopic (exact) mass is 442 g/mol. The molecule has 0 amide bonds. The molecule has 5 nitrogen and oxygen atoms in total. The third-order valence-corrected chi connectivity index (χ3v) is 5.91. The molecule has 0 radical (unpaired) electrons. The number of fused-ring (bicyclic) bond motifs is 1. The highest BCUT2D eigenvalue weighted by atomic mass is 79.9. The van der Waals surface area contributed by atoms with Crippen molar-refractivity contribution in [3.63, 3.8) is 0 Å². The Labute approximate surface area is 161 Å². The average molecular weight is 443 g/mol. The third-order valence-electron chi connectivity index (χ3n) is 3.70. The number of rotatable bonds is 6. The molecule has 0 aliphatic heterocycles. The molecular formula is C18H20BrFN2O3S. The number of hydrogen-bond donors (Lipinski definition) is 1. The van der Waals surface area contributed by atoms with E-state index in [4.69, 9.17) is 4.74 Å². The zero-order valence-corrected chi connectivity index (χ0v) is 15.8. The number of benzene rings is 2. The van der Waals surface area contributed by atoms with Crippen molar-refractivity contribution in [1.29, 1.82) is 0 Å². The minimum Gasteiger partial charge on any atom is -0.492 e. The van der Waals surface area contributed by atoms with Crippen LogP contribution in [0.4, 0.5) is 4.39 Å².